The summed E-state index contributed by atoms with van der Waals surface area (Å²) in [6, 6.07) is 0. The van der Waals surface area contributed by atoms with Crippen LogP contribution in [-0.4, -0.2) is 9.97 Å². The Labute approximate surface area is 105 Å². The molecule has 1 saturated carbocycles. The lowest BCUT2D eigenvalue weighted by atomic mass is 9.86. The number of rotatable bonds is 1. The first-order chi connectivity index (χ1) is 8.25. The Bertz CT molecular complexity index is 541. The van der Waals surface area contributed by atoms with Crippen molar-refractivity contribution in [1.29, 1.82) is 0 Å². The van der Waals surface area contributed by atoms with Gasteiger partial charge in [0.15, 0.2) is 0 Å². The number of fused-ring (bicyclic) bond motifs is 1. The second kappa shape index (κ2) is 4.26. The van der Waals surface area contributed by atoms with Gasteiger partial charge >= 0.3 is 0 Å². The standard InChI is InChI=1S/C13H17N3S/c1-8-15-12(9-5-3-2-4-6-9)11-10(14)7-17-13(11)16-8/h7,9H,2-6,14H2,1H3. The van der Waals surface area contributed by atoms with Crippen LogP contribution >= 0.6 is 11.3 Å². The fourth-order valence-electron chi connectivity index (χ4n) is 2.77. The third-order valence-electron chi connectivity index (χ3n) is 3.59. The molecule has 0 spiro atoms. The molecule has 3 nitrogen and oxygen atoms in total. The number of aryl methyl sites for hydroxylation is 1. The topological polar surface area (TPSA) is 51.8 Å². The van der Waals surface area contributed by atoms with Gasteiger partial charge in [0.05, 0.1) is 16.8 Å². The molecule has 2 aromatic heterocycles. The number of nitrogens with two attached hydrogens (primary N) is 1. The van der Waals surface area contributed by atoms with Crippen LogP contribution in [0.3, 0.4) is 0 Å². The minimum atomic E-state index is 0.588. The number of hydrogen-bond acceptors (Lipinski definition) is 4. The summed E-state index contributed by atoms with van der Waals surface area (Å²) in [6.45, 7) is 1.97. The van der Waals surface area contributed by atoms with Gasteiger partial charge in [-0.15, -0.1) is 11.3 Å². The molecule has 0 saturated heterocycles. The predicted molar refractivity (Wildman–Crippen MR) is 72.4 cm³/mol. The van der Waals surface area contributed by atoms with Crippen molar-refractivity contribution < 1.29 is 0 Å². The van der Waals surface area contributed by atoms with Gasteiger partial charge in [-0.05, 0) is 19.8 Å². The summed E-state index contributed by atoms with van der Waals surface area (Å²) >= 11 is 1.63. The van der Waals surface area contributed by atoms with Crippen molar-refractivity contribution in [2.24, 2.45) is 0 Å². The first-order valence-corrected chi connectivity index (χ1v) is 7.15. The lowest BCUT2D eigenvalue weighted by Gasteiger charge is -2.22. The lowest BCUT2D eigenvalue weighted by molar-refractivity contribution is 0.438. The van der Waals surface area contributed by atoms with Crippen molar-refractivity contribution in [3.8, 4) is 0 Å². The molecule has 1 fully saturated rings. The van der Waals surface area contributed by atoms with Gasteiger partial charge in [-0.2, -0.15) is 0 Å². The molecule has 2 heterocycles. The summed E-state index contributed by atoms with van der Waals surface area (Å²) in [4.78, 5) is 10.2. The van der Waals surface area contributed by atoms with E-state index in [1.165, 1.54) is 37.8 Å². The molecular formula is C13H17N3S. The Balaban J connectivity index is 2.15. The van der Waals surface area contributed by atoms with Gasteiger partial charge in [0, 0.05) is 11.3 Å². The highest BCUT2D eigenvalue weighted by atomic mass is 32.1. The molecule has 1 aliphatic carbocycles. The Hall–Kier alpha value is -1.16. The van der Waals surface area contributed by atoms with E-state index >= 15 is 0 Å². The zero-order chi connectivity index (χ0) is 11.8. The third kappa shape index (κ3) is 1.90. The second-order valence-corrected chi connectivity index (χ2v) is 5.72. The summed E-state index contributed by atoms with van der Waals surface area (Å²) in [5.41, 5.74) is 8.12. The number of aromatic nitrogens is 2. The highest BCUT2D eigenvalue weighted by molar-refractivity contribution is 7.17. The zero-order valence-corrected chi connectivity index (χ0v) is 10.9. The summed E-state index contributed by atoms with van der Waals surface area (Å²) in [7, 11) is 0. The Morgan fingerprint density at radius 2 is 2.00 bits per heavy atom. The highest BCUT2D eigenvalue weighted by Gasteiger charge is 2.21. The van der Waals surface area contributed by atoms with Gasteiger partial charge in [-0.25, -0.2) is 9.97 Å². The molecule has 2 aromatic rings. The first-order valence-electron chi connectivity index (χ1n) is 6.27. The molecule has 4 heteroatoms. The number of anilines is 1. The number of nitrogen functional groups attached to an aromatic ring is 1. The van der Waals surface area contributed by atoms with Gasteiger partial charge in [0.25, 0.3) is 0 Å². The van der Waals surface area contributed by atoms with Crippen LogP contribution in [0, 0.1) is 6.92 Å². The van der Waals surface area contributed by atoms with Gasteiger partial charge in [0.1, 0.15) is 10.7 Å². The number of thiophene rings is 1. The van der Waals surface area contributed by atoms with E-state index in [0.717, 1.165) is 21.7 Å². The van der Waals surface area contributed by atoms with Crippen molar-refractivity contribution in [3.63, 3.8) is 0 Å². The largest absolute Gasteiger partial charge is 0.397 e. The smallest absolute Gasteiger partial charge is 0.129 e. The van der Waals surface area contributed by atoms with Crippen LogP contribution in [0.25, 0.3) is 10.2 Å². The molecule has 0 amide bonds. The molecule has 0 aromatic carbocycles. The molecule has 0 bridgehead atoms. The van der Waals surface area contributed by atoms with E-state index in [4.69, 9.17) is 5.73 Å². The van der Waals surface area contributed by atoms with E-state index in [-0.39, 0.29) is 0 Å². The van der Waals surface area contributed by atoms with E-state index in [9.17, 15) is 0 Å². The van der Waals surface area contributed by atoms with Gasteiger partial charge in [0.2, 0.25) is 0 Å². The first kappa shape index (κ1) is 11.0. The summed E-state index contributed by atoms with van der Waals surface area (Å²) in [5.74, 6) is 1.46. The van der Waals surface area contributed by atoms with Crippen molar-refractivity contribution in [1.82, 2.24) is 9.97 Å². The van der Waals surface area contributed by atoms with Crippen molar-refractivity contribution in [3.05, 3.63) is 16.9 Å². The van der Waals surface area contributed by atoms with Crippen LogP contribution in [0.15, 0.2) is 5.38 Å². The fourth-order valence-corrected chi connectivity index (χ4v) is 3.66. The predicted octanol–water partition coefficient (Wildman–Crippen LogP) is 3.63. The average Bonchev–Trinajstić information content (AvgIpc) is 2.71. The molecule has 90 valence electrons. The molecule has 2 N–H and O–H groups in total. The van der Waals surface area contributed by atoms with Crippen molar-refractivity contribution in [2.75, 3.05) is 5.73 Å². The minimum absolute atomic E-state index is 0.588. The molecule has 17 heavy (non-hydrogen) atoms. The zero-order valence-electron chi connectivity index (χ0n) is 10.1. The monoisotopic (exact) mass is 247 g/mol. The molecule has 1 aliphatic rings. The van der Waals surface area contributed by atoms with Crippen LogP contribution < -0.4 is 5.73 Å². The van der Waals surface area contributed by atoms with E-state index in [1.54, 1.807) is 11.3 Å². The maximum atomic E-state index is 6.06. The molecule has 0 aliphatic heterocycles. The van der Waals surface area contributed by atoms with E-state index in [0.29, 0.717) is 5.92 Å². The minimum Gasteiger partial charge on any atom is -0.397 e. The molecular weight excluding hydrogens is 230 g/mol. The average molecular weight is 247 g/mol. The quantitative estimate of drug-likeness (QED) is 0.837. The van der Waals surface area contributed by atoms with Crippen LogP contribution in [0.1, 0.15) is 49.5 Å². The molecule has 0 unspecified atom stereocenters. The van der Waals surface area contributed by atoms with Gasteiger partial charge in [-0.3, -0.25) is 0 Å². The Morgan fingerprint density at radius 1 is 1.24 bits per heavy atom. The van der Waals surface area contributed by atoms with E-state index < -0.39 is 0 Å². The second-order valence-electron chi connectivity index (χ2n) is 4.86. The summed E-state index contributed by atoms with van der Waals surface area (Å²) in [5, 5.41) is 3.11. The highest BCUT2D eigenvalue weighted by Crippen LogP contribution is 2.38. The van der Waals surface area contributed by atoms with Gasteiger partial charge < -0.3 is 5.73 Å². The molecule has 3 rings (SSSR count). The van der Waals surface area contributed by atoms with Crippen LogP contribution in [0.5, 0.6) is 0 Å². The third-order valence-corrected chi connectivity index (χ3v) is 4.48. The maximum absolute atomic E-state index is 6.06. The van der Waals surface area contributed by atoms with Crippen molar-refractivity contribution >= 4 is 27.2 Å². The number of hydrogen-bond donors (Lipinski definition) is 1. The van der Waals surface area contributed by atoms with Crippen LogP contribution in [-0.2, 0) is 0 Å². The van der Waals surface area contributed by atoms with E-state index in [1.807, 2.05) is 12.3 Å². The molecule has 0 radical (unpaired) electrons. The Kier molecular flexibility index (Phi) is 2.74. The van der Waals surface area contributed by atoms with Crippen molar-refractivity contribution in [2.45, 2.75) is 44.9 Å². The summed E-state index contributed by atoms with van der Waals surface area (Å²) in [6.07, 6.45) is 6.50. The number of nitrogens with zero attached hydrogens (tertiary/aromatic N) is 2. The summed E-state index contributed by atoms with van der Waals surface area (Å²) < 4.78 is 0. The van der Waals surface area contributed by atoms with Crippen LogP contribution in [0.4, 0.5) is 5.69 Å². The SMILES string of the molecule is Cc1nc(C2CCCCC2)c2c(N)csc2n1. The Morgan fingerprint density at radius 3 is 2.76 bits per heavy atom. The van der Waals surface area contributed by atoms with Crippen LogP contribution in [0.2, 0.25) is 0 Å². The normalized spacial score (nSPS) is 17.7. The lowest BCUT2D eigenvalue weighted by Crippen LogP contribution is -2.09. The van der Waals surface area contributed by atoms with E-state index in [2.05, 4.69) is 9.97 Å². The maximum Gasteiger partial charge on any atom is 0.129 e. The van der Waals surface area contributed by atoms with Gasteiger partial charge in [-0.1, -0.05) is 19.3 Å². The fraction of sp³-hybridized carbons (Fsp3) is 0.538. The molecule has 0 atom stereocenters.